The van der Waals surface area contributed by atoms with Gasteiger partial charge in [0.25, 0.3) is 5.56 Å². The van der Waals surface area contributed by atoms with Gasteiger partial charge >= 0.3 is 0 Å². The number of methoxy groups -OCH3 is 1. The molecular weight excluding hydrogens is 368 g/mol. The summed E-state index contributed by atoms with van der Waals surface area (Å²) >= 11 is 0. The smallest absolute Gasteiger partial charge is 0.269 e. The minimum atomic E-state index is -0.376. The normalized spacial score (nSPS) is 12.4. The van der Waals surface area contributed by atoms with Crippen LogP contribution in [0.1, 0.15) is 37.7 Å². The third-order valence-corrected chi connectivity index (χ3v) is 5.17. The van der Waals surface area contributed by atoms with E-state index in [0.29, 0.717) is 29.0 Å². The maximum atomic E-state index is 13.5. The molecule has 2 heterocycles. The van der Waals surface area contributed by atoms with E-state index in [1.807, 2.05) is 44.2 Å². The second-order valence-corrected chi connectivity index (χ2v) is 7.01. The van der Waals surface area contributed by atoms with Gasteiger partial charge in [-0.25, -0.2) is 0 Å². The zero-order valence-corrected chi connectivity index (χ0v) is 16.6. The minimum Gasteiger partial charge on any atom is -0.497 e. The summed E-state index contributed by atoms with van der Waals surface area (Å²) in [6.07, 6.45) is 1.41. The molecule has 4 aromatic rings. The molecule has 0 aliphatic heterocycles. The summed E-state index contributed by atoms with van der Waals surface area (Å²) in [6.45, 7) is 3.96. The van der Waals surface area contributed by atoms with Crippen molar-refractivity contribution >= 4 is 22.1 Å². The molecule has 29 heavy (non-hydrogen) atoms. The van der Waals surface area contributed by atoms with Gasteiger partial charge in [-0.05, 0) is 31.0 Å². The summed E-state index contributed by atoms with van der Waals surface area (Å²) in [4.78, 5) is 31.2. The first-order valence-corrected chi connectivity index (χ1v) is 9.66. The van der Waals surface area contributed by atoms with E-state index < -0.39 is 0 Å². The summed E-state index contributed by atoms with van der Waals surface area (Å²) in [5, 5.41) is 0.310. The maximum absolute atomic E-state index is 13.5. The Morgan fingerprint density at radius 1 is 1.14 bits per heavy atom. The zero-order chi connectivity index (χ0) is 20.5. The molecule has 6 heteroatoms. The lowest BCUT2D eigenvalue weighted by Crippen LogP contribution is -2.31. The fourth-order valence-corrected chi connectivity index (χ4v) is 3.64. The van der Waals surface area contributed by atoms with Crippen LogP contribution < -0.4 is 15.7 Å². The molecule has 2 aromatic carbocycles. The number of aryl methyl sites for hydroxylation is 1. The van der Waals surface area contributed by atoms with E-state index in [1.54, 1.807) is 29.9 Å². The molecule has 0 N–H and O–H groups in total. The minimum absolute atomic E-state index is 0.0229. The first-order chi connectivity index (χ1) is 14.0. The van der Waals surface area contributed by atoms with Gasteiger partial charge in [0, 0.05) is 12.5 Å². The predicted molar refractivity (Wildman–Crippen MR) is 113 cm³/mol. The molecule has 0 aliphatic rings. The molecule has 0 bridgehead atoms. The molecule has 0 spiro atoms. The van der Waals surface area contributed by atoms with Crippen LogP contribution in [0.5, 0.6) is 5.75 Å². The van der Waals surface area contributed by atoms with E-state index >= 15 is 0 Å². The van der Waals surface area contributed by atoms with E-state index in [-0.39, 0.29) is 28.1 Å². The molecule has 0 radical (unpaired) electrons. The summed E-state index contributed by atoms with van der Waals surface area (Å²) in [6, 6.07) is 14.4. The van der Waals surface area contributed by atoms with Crippen molar-refractivity contribution in [2.24, 2.45) is 0 Å². The summed E-state index contributed by atoms with van der Waals surface area (Å²) in [5.41, 5.74) is 0.647. The molecule has 2 aromatic heterocycles. The Labute approximate surface area is 167 Å². The van der Waals surface area contributed by atoms with E-state index in [9.17, 15) is 9.59 Å². The first kappa shape index (κ1) is 18.9. The average molecular weight is 390 g/mol. The van der Waals surface area contributed by atoms with Crippen molar-refractivity contribution in [2.75, 3.05) is 7.11 Å². The van der Waals surface area contributed by atoms with Crippen LogP contribution in [-0.4, -0.2) is 16.7 Å². The Hall–Kier alpha value is -3.41. The van der Waals surface area contributed by atoms with E-state index in [4.69, 9.17) is 9.15 Å². The average Bonchev–Trinajstić information content (AvgIpc) is 2.74. The van der Waals surface area contributed by atoms with Gasteiger partial charge < -0.3 is 9.15 Å². The van der Waals surface area contributed by atoms with Gasteiger partial charge in [0.15, 0.2) is 5.39 Å². The third kappa shape index (κ3) is 3.20. The Morgan fingerprint density at radius 2 is 1.90 bits per heavy atom. The van der Waals surface area contributed by atoms with E-state index in [0.717, 1.165) is 12.0 Å². The van der Waals surface area contributed by atoms with Gasteiger partial charge in [-0.3, -0.25) is 14.2 Å². The number of aromatic nitrogens is 2. The van der Waals surface area contributed by atoms with Crippen molar-refractivity contribution in [3.8, 4) is 5.75 Å². The lowest BCUT2D eigenvalue weighted by Gasteiger charge is -2.20. The highest BCUT2D eigenvalue weighted by Gasteiger charge is 2.21. The van der Waals surface area contributed by atoms with Crippen molar-refractivity contribution in [1.82, 2.24) is 9.55 Å². The number of ether oxygens (including phenoxy) is 1. The van der Waals surface area contributed by atoms with Crippen molar-refractivity contribution in [3.05, 3.63) is 80.5 Å². The molecule has 0 saturated carbocycles. The van der Waals surface area contributed by atoms with Crippen molar-refractivity contribution in [1.29, 1.82) is 0 Å². The van der Waals surface area contributed by atoms with Crippen LogP contribution in [0.25, 0.3) is 22.1 Å². The Morgan fingerprint density at radius 3 is 2.59 bits per heavy atom. The highest BCUT2D eigenvalue weighted by Crippen LogP contribution is 2.23. The Kier molecular flexibility index (Phi) is 4.92. The highest BCUT2D eigenvalue weighted by molar-refractivity contribution is 5.88. The molecule has 4 rings (SSSR count). The highest BCUT2D eigenvalue weighted by atomic mass is 16.5. The monoisotopic (exact) mass is 390 g/mol. The number of nitrogens with zero attached hydrogens (tertiary/aromatic N) is 2. The van der Waals surface area contributed by atoms with Gasteiger partial charge in [0.05, 0.1) is 18.5 Å². The Bertz CT molecular complexity index is 1310. The van der Waals surface area contributed by atoms with Gasteiger partial charge in [-0.1, -0.05) is 37.3 Å². The summed E-state index contributed by atoms with van der Waals surface area (Å²) < 4.78 is 12.7. The molecular formula is C23H22N2O4. The van der Waals surface area contributed by atoms with Crippen LogP contribution in [0.3, 0.4) is 0 Å². The molecule has 148 valence electrons. The SMILES string of the molecule is CCCc1nc2oc3cc(OC)ccc3c(=O)c2c(=O)n1[C@H](C)c1ccccc1. The predicted octanol–water partition coefficient (Wildman–Crippen LogP) is 4.07. The number of hydrogen-bond acceptors (Lipinski definition) is 5. The number of benzene rings is 2. The van der Waals surface area contributed by atoms with Crippen molar-refractivity contribution in [2.45, 2.75) is 32.7 Å². The third-order valence-electron chi connectivity index (χ3n) is 5.17. The largest absolute Gasteiger partial charge is 0.497 e. The lowest BCUT2D eigenvalue weighted by atomic mass is 10.1. The molecule has 0 saturated heterocycles. The molecule has 0 aliphatic carbocycles. The second-order valence-electron chi connectivity index (χ2n) is 7.01. The van der Waals surface area contributed by atoms with Crippen LogP contribution in [0, 0.1) is 0 Å². The maximum Gasteiger partial charge on any atom is 0.269 e. The van der Waals surface area contributed by atoms with E-state index in [1.165, 1.54) is 0 Å². The molecule has 1 atom stereocenters. The summed E-state index contributed by atoms with van der Waals surface area (Å²) in [7, 11) is 1.54. The number of rotatable bonds is 5. The van der Waals surface area contributed by atoms with Crippen LogP contribution in [0.15, 0.2) is 62.5 Å². The zero-order valence-electron chi connectivity index (χ0n) is 16.6. The second kappa shape index (κ2) is 7.54. The topological polar surface area (TPSA) is 74.3 Å². The van der Waals surface area contributed by atoms with Crippen molar-refractivity contribution in [3.63, 3.8) is 0 Å². The van der Waals surface area contributed by atoms with Gasteiger partial charge in [0.1, 0.15) is 17.2 Å². The van der Waals surface area contributed by atoms with Crippen LogP contribution in [0.4, 0.5) is 0 Å². The molecule has 0 fully saturated rings. The standard InChI is InChI=1S/C23H22N2O4/c1-4-8-19-24-22-20(21(26)17-12-11-16(28-3)13-18(17)29-22)23(27)25(19)14(2)15-9-6-5-7-10-15/h5-7,9-14H,4,8H2,1-3H3/t14-/m1/s1. The lowest BCUT2D eigenvalue weighted by molar-refractivity contribution is 0.414. The summed E-state index contributed by atoms with van der Waals surface area (Å²) in [5.74, 6) is 1.17. The van der Waals surface area contributed by atoms with Gasteiger partial charge in [-0.15, -0.1) is 0 Å². The van der Waals surface area contributed by atoms with E-state index in [2.05, 4.69) is 4.98 Å². The fraction of sp³-hybridized carbons (Fsp3) is 0.261. The number of hydrogen-bond donors (Lipinski definition) is 0. The van der Waals surface area contributed by atoms with Gasteiger partial charge in [0.2, 0.25) is 11.1 Å². The number of fused-ring (bicyclic) bond motifs is 2. The Balaban J connectivity index is 2.06. The van der Waals surface area contributed by atoms with Crippen molar-refractivity contribution < 1.29 is 9.15 Å². The molecule has 6 nitrogen and oxygen atoms in total. The first-order valence-electron chi connectivity index (χ1n) is 9.66. The molecule has 0 amide bonds. The van der Waals surface area contributed by atoms with Crippen LogP contribution in [0.2, 0.25) is 0 Å². The van der Waals surface area contributed by atoms with Crippen LogP contribution >= 0.6 is 0 Å². The fourth-order valence-electron chi connectivity index (χ4n) is 3.64. The quantitative estimate of drug-likeness (QED) is 0.480. The van der Waals surface area contributed by atoms with Gasteiger partial charge in [-0.2, -0.15) is 4.98 Å². The molecule has 0 unspecified atom stereocenters. The van der Waals surface area contributed by atoms with Crippen LogP contribution in [-0.2, 0) is 6.42 Å².